The Morgan fingerprint density at radius 2 is 2.00 bits per heavy atom. The molecule has 0 aliphatic carbocycles. The summed E-state index contributed by atoms with van der Waals surface area (Å²) in [6.45, 7) is 2.21. The van der Waals surface area contributed by atoms with E-state index in [0.29, 0.717) is 18.6 Å². The van der Waals surface area contributed by atoms with Crippen LogP contribution in [0.2, 0.25) is 0 Å². The van der Waals surface area contributed by atoms with E-state index in [9.17, 15) is 14.7 Å². The molecule has 0 spiro atoms. The van der Waals surface area contributed by atoms with Gasteiger partial charge in [0.15, 0.2) is 5.56 Å². The summed E-state index contributed by atoms with van der Waals surface area (Å²) in [5.74, 6) is -1.18. The van der Waals surface area contributed by atoms with Crippen molar-refractivity contribution < 1.29 is 9.90 Å². The summed E-state index contributed by atoms with van der Waals surface area (Å²) in [7, 11) is 0. The van der Waals surface area contributed by atoms with Gasteiger partial charge in [0.05, 0.1) is 0 Å². The van der Waals surface area contributed by atoms with Crippen LogP contribution in [0.5, 0.6) is 5.88 Å². The molecule has 0 saturated carbocycles. The molecule has 2 heterocycles. The summed E-state index contributed by atoms with van der Waals surface area (Å²) >= 11 is 0. The number of rotatable bonds is 4. The number of amides is 1. The monoisotopic (exact) mass is 323 g/mol. The van der Waals surface area contributed by atoms with E-state index in [2.05, 4.69) is 10.3 Å². The van der Waals surface area contributed by atoms with Crippen LogP contribution >= 0.6 is 0 Å². The van der Waals surface area contributed by atoms with Crippen molar-refractivity contribution in [3.05, 3.63) is 75.7 Å². The number of aryl methyl sites for hydroxylation is 1. The van der Waals surface area contributed by atoms with Crippen LogP contribution in [-0.4, -0.2) is 26.9 Å². The minimum Gasteiger partial charge on any atom is -0.493 e. The number of aromatic nitrogens is 2. The molecule has 6 nitrogen and oxygen atoms in total. The Hall–Kier alpha value is -3.15. The van der Waals surface area contributed by atoms with Gasteiger partial charge in [-0.3, -0.25) is 14.0 Å². The summed E-state index contributed by atoms with van der Waals surface area (Å²) in [5, 5.41) is 12.6. The van der Waals surface area contributed by atoms with Crippen molar-refractivity contribution in [2.24, 2.45) is 0 Å². The maximum atomic E-state index is 12.4. The molecule has 0 fully saturated rings. The Balaban J connectivity index is 1.82. The van der Waals surface area contributed by atoms with Crippen LogP contribution in [0.4, 0.5) is 0 Å². The van der Waals surface area contributed by atoms with Gasteiger partial charge in [0.1, 0.15) is 5.65 Å². The lowest BCUT2D eigenvalue weighted by Gasteiger charge is -2.08. The number of fused-ring (bicyclic) bond motifs is 1. The predicted molar refractivity (Wildman–Crippen MR) is 90.3 cm³/mol. The molecular weight excluding hydrogens is 306 g/mol. The maximum absolute atomic E-state index is 12.4. The van der Waals surface area contributed by atoms with Crippen LogP contribution in [-0.2, 0) is 6.42 Å². The van der Waals surface area contributed by atoms with Crippen LogP contribution < -0.4 is 10.9 Å². The number of pyridine rings is 1. The average molecular weight is 323 g/mol. The van der Waals surface area contributed by atoms with E-state index < -0.39 is 17.3 Å². The molecule has 6 heteroatoms. The highest BCUT2D eigenvalue weighted by Crippen LogP contribution is 2.12. The molecule has 1 amide bonds. The normalized spacial score (nSPS) is 10.7. The highest BCUT2D eigenvalue weighted by molar-refractivity contribution is 5.96. The molecule has 0 aliphatic rings. The van der Waals surface area contributed by atoms with Gasteiger partial charge in [-0.2, -0.15) is 4.98 Å². The molecule has 0 atom stereocenters. The summed E-state index contributed by atoms with van der Waals surface area (Å²) in [6, 6.07) is 13.1. The summed E-state index contributed by atoms with van der Waals surface area (Å²) in [4.78, 5) is 28.6. The quantitative estimate of drug-likeness (QED) is 0.765. The fourth-order valence-corrected chi connectivity index (χ4v) is 2.48. The molecule has 0 aliphatic heterocycles. The average Bonchev–Trinajstić information content (AvgIpc) is 2.55. The highest BCUT2D eigenvalue weighted by atomic mass is 16.3. The van der Waals surface area contributed by atoms with E-state index in [1.807, 2.05) is 37.3 Å². The standard InChI is InChI=1S/C18H17N3O3/c1-12-8-10-21-14(11-12)20-17(23)15(18(21)24)16(22)19-9-7-13-5-3-2-4-6-13/h2-6,8,10-11,23H,7,9H2,1H3,(H,19,22). The molecule has 1 aromatic carbocycles. The van der Waals surface area contributed by atoms with Crippen molar-refractivity contribution in [1.29, 1.82) is 0 Å². The lowest BCUT2D eigenvalue weighted by Crippen LogP contribution is -2.33. The van der Waals surface area contributed by atoms with Crippen molar-refractivity contribution in [3.63, 3.8) is 0 Å². The van der Waals surface area contributed by atoms with Crippen molar-refractivity contribution >= 4 is 11.6 Å². The molecular formula is C18H17N3O3. The number of carbonyl (C=O) groups is 1. The summed E-state index contributed by atoms with van der Waals surface area (Å²) in [6.07, 6.45) is 2.18. The first kappa shape index (κ1) is 15.7. The molecule has 0 saturated heterocycles. The van der Waals surface area contributed by atoms with Gasteiger partial charge in [0.25, 0.3) is 11.5 Å². The molecule has 0 unspecified atom stereocenters. The Labute approximate surface area is 138 Å². The number of benzene rings is 1. The zero-order valence-electron chi connectivity index (χ0n) is 13.2. The molecule has 24 heavy (non-hydrogen) atoms. The summed E-state index contributed by atoms with van der Waals surface area (Å²) in [5.41, 5.74) is 1.35. The van der Waals surface area contributed by atoms with Crippen LogP contribution in [0.25, 0.3) is 5.65 Å². The third kappa shape index (κ3) is 3.12. The van der Waals surface area contributed by atoms with Gasteiger partial charge in [-0.15, -0.1) is 0 Å². The Morgan fingerprint density at radius 1 is 1.25 bits per heavy atom. The van der Waals surface area contributed by atoms with Crippen LogP contribution in [0.15, 0.2) is 53.5 Å². The van der Waals surface area contributed by atoms with E-state index in [4.69, 9.17) is 0 Å². The second-order valence-corrected chi connectivity index (χ2v) is 5.54. The summed E-state index contributed by atoms with van der Waals surface area (Å²) < 4.78 is 1.25. The molecule has 2 N–H and O–H groups in total. The van der Waals surface area contributed by atoms with Crippen LogP contribution in [0.1, 0.15) is 21.5 Å². The van der Waals surface area contributed by atoms with Gasteiger partial charge in [0, 0.05) is 12.7 Å². The van der Waals surface area contributed by atoms with E-state index in [-0.39, 0.29) is 5.56 Å². The maximum Gasteiger partial charge on any atom is 0.274 e. The van der Waals surface area contributed by atoms with Gasteiger partial charge in [0.2, 0.25) is 5.88 Å². The van der Waals surface area contributed by atoms with Crippen molar-refractivity contribution in [2.45, 2.75) is 13.3 Å². The Kier molecular flexibility index (Phi) is 4.29. The first-order valence-electron chi connectivity index (χ1n) is 7.60. The van der Waals surface area contributed by atoms with Gasteiger partial charge in [-0.25, -0.2) is 0 Å². The van der Waals surface area contributed by atoms with Crippen molar-refractivity contribution in [1.82, 2.24) is 14.7 Å². The number of nitrogens with one attached hydrogen (secondary N) is 1. The van der Waals surface area contributed by atoms with Crippen molar-refractivity contribution in [2.75, 3.05) is 6.54 Å². The molecule has 3 rings (SSSR count). The van der Waals surface area contributed by atoms with E-state index in [0.717, 1.165) is 11.1 Å². The second-order valence-electron chi connectivity index (χ2n) is 5.54. The second kappa shape index (κ2) is 6.54. The van der Waals surface area contributed by atoms with Gasteiger partial charge < -0.3 is 10.4 Å². The smallest absolute Gasteiger partial charge is 0.274 e. The lowest BCUT2D eigenvalue weighted by atomic mass is 10.1. The molecule has 3 aromatic rings. The fraction of sp³-hybridized carbons (Fsp3) is 0.167. The Bertz CT molecular complexity index is 949. The minimum atomic E-state index is -0.629. The van der Waals surface area contributed by atoms with E-state index >= 15 is 0 Å². The molecule has 0 bridgehead atoms. The SMILES string of the molecule is Cc1ccn2c(=O)c(C(=O)NCCc3ccccc3)c(O)nc2c1. The zero-order valence-corrected chi connectivity index (χ0v) is 13.2. The van der Waals surface area contributed by atoms with E-state index in [1.165, 1.54) is 4.40 Å². The lowest BCUT2D eigenvalue weighted by molar-refractivity contribution is 0.0949. The third-order valence-electron chi connectivity index (χ3n) is 3.74. The minimum absolute atomic E-state index is 0.304. The third-order valence-corrected chi connectivity index (χ3v) is 3.74. The largest absolute Gasteiger partial charge is 0.493 e. The van der Waals surface area contributed by atoms with E-state index in [1.54, 1.807) is 18.3 Å². The number of nitrogens with zero attached hydrogens (tertiary/aromatic N) is 2. The number of hydrogen-bond donors (Lipinski definition) is 2. The van der Waals surface area contributed by atoms with Crippen LogP contribution in [0, 0.1) is 6.92 Å². The topological polar surface area (TPSA) is 83.7 Å². The molecule has 0 radical (unpaired) electrons. The molecule has 2 aromatic heterocycles. The van der Waals surface area contributed by atoms with Crippen molar-refractivity contribution in [3.8, 4) is 5.88 Å². The predicted octanol–water partition coefficient (Wildman–Crippen LogP) is 1.68. The van der Waals surface area contributed by atoms with Crippen LogP contribution in [0.3, 0.4) is 0 Å². The highest BCUT2D eigenvalue weighted by Gasteiger charge is 2.19. The van der Waals surface area contributed by atoms with Gasteiger partial charge in [-0.05, 0) is 36.6 Å². The zero-order chi connectivity index (χ0) is 17.1. The number of aromatic hydroxyl groups is 1. The first-order chi connectivity index (χ1) is 11.6. The van der Waals surface area contributed by atoms with Gasteiger partial charge in [-0.1, -0.05) is 30.3 Å². The number of carbonyl (C=O) groups excluding carboxylic acids is 1. The molecule has 122 valence electrons. The fourth-order valence-electron chi connectivity index (χ4n) is 2.48. The van der Waals surface area contributed by atoms with Gasteiger partial charge >= 0.3 is 0 Å². The first-order valence-corrected chi connectivity index (χ1v) is 7.60. The Morgan fingerprint density at radius 3 is 2.75 bits per heavy atom. The number of hydrogen-bond acceptors (Lipinski definition) is 4.